The van der Waals surface area contributed by atoms with Gasteiger partial charge in [0.2, 0.25) is 5.91 Å². The molecule has 1 amide bonds. The highest BCUT2D eigenvalue weighted by atomic mass is 16.4. The first-order valence-corrected chi connectivity index (χ1v) is 6.80. The average molecular weight is 278 g/mol. The third kappa shape index (κ3) is 6.78. The molecule has 1 atom stereocenters. The van der Waals surface area contributed by atoms with E-state index in [4.69, 9.17) is 10.8 Å². The van der Waals surface area contributed by atoms with Crippen molar-refractivity contribution in [2.24, 2.45) is 5.92 Å². The summed E-state index contributed by atoms with van der Waals surface area (Å²) in [5.41, 5.74) is 7.38. The van der Waals surface area contributed by atoms with E-state index in [0.717, 1.165) is 5.56 Å². The number of aliphatic carboxylic acids is 1. The smallest absolute Gasteiger partial charge is 0.303 e. The number of nitrogens with two attached hydrogens (primary N) is 1. The second-order valence-electron chi connectivity index (χ2n) is 5.08. The maximum Gasteiger partial charge on any atom is 0.303 e. The molecular weight excluding hydrogens is 256 g/mol. The molecule has 20 heavy (non-hydrogen) atoms. The second-order valence-corrected chi connectivity index (χ2v) is 5.08. The number of rotatable bonds is 8. The maximum atomic E-state index is 11.7. The summed E-state index contributed by atoms with van der Waals surface area (Å²) in [6.45, 7) is 2.46. The molecule has 5 nitrogen and oxygen atoms in total. The number of nitrogen functional groups attached to an aromatic ring is 1. The zero-order valence-corrected chi connectivity index (χ0v) is 11.8. The number of nitrogens with one attached hydrogen (secondary N) is 1. The number of anilines is 1. The number of hydrogen-bond donors (Lipinski definition) is 3. The molecule has 0 heterocycles. The van der Waals surface area contributed by atoms with Crippen molar-refractivity contribution in [3.05, 3.63) is 29.8 Å². The minimum Gasteiger partial charge on any atom is -0.481 e. The molecule has 1 rings (SSSR count). The van der Waals surface area contributed by atoms with Gasteiger partial charge in [-0.3, -0.25) is 9.59 Å². The Balaban J connectivity index is 2.20. The van der Waals surface area contributed by atoms with Crippen molar-refractivity contribution in [1.29, 1.82) is 0 Å². The van der Waals surface area contributed by atoms with Gasteiger partial charge in [0.1, 0.15) is 0 Å². The normalized spacial score (nSPS) is 11.8. The maximum absolute atomic E-state index is 11.7. The number of benzene rings is 1. The van der Waals surface area contributed by atoms with Gasteiger partial charge in [0.25, 0.3) is 0 Å². The Bertz CT molecular complexity index is 443. The molecule has 0 aliphatic heterocycles. The summed E-state index contributed by atoms with van der Waals surface area (Å²) < 4.78 is 0. The monoisotopic (exact) mass is 278 g/mol. The molecular formula is C15H22N2O3. The zero-order chi connectivity index (χ0) is 15.0. The van der Waals surface area contributed by atoms with E-state index in [1.54, 1.807) is 0 Å². The summed E-state index contributed by atoms with van der Waals surface area (Å²) in [6.07, 6.45) is 1.82. The number of carboxylic acids is 1. The number of aryl methyl sites for hydroxylation is 1. The fourth-order valence-electron chi connectivity index (χ4n) is 1.79. The van der Waals surface area contributed by atoms with Crippen molar-refractivity contribution in [1.82, 2.24) is 5.32 Å². The van der Waals surface area contributed by atoms with Crippen LogP contribution < -0.4 is 11.1 Å². The fraction of sp³-hybridized carbons (Fsp3) is 0.467. The first-order valence-electron chi connectivity index (χ1n) is 6.80. The summed E-state index contributed by atoms with van der Waals surface area (Å²) in [6, 6.07) is 7.47. The third-order valence-corrected chi connectivity index (χ3v) is 3.12. The molecule has 0 saturated heterocycles. The minimum atomic E-state index is -0.800. The van der Waals surface area contributed by atoms with Crippen LogP contribution in [0.1, 0.15) is 31.7 Å². The quantitative estimate of drug-likeness (QED) is 0.632. The molecule has 1 aromatic carbocycles. The molecule has 1 aromatic rings. The van der Waals surface area contributed by atoms with E-state index in [2.05, 4.69) is 5.32 Å². The predicted octanol–water partition coefficient (Wildman–Crippen LogP) is 1.82. The van der Waals surface area contributed by atoms with Gasteiger partial charge in [0.05, 0.1) is 0 Å². The lowest BCUT2D eigenvalue weighted by Gasteiger charge is -2.11. The van der Waals surface area contributed by atoms with Gasteiger partial charge in [0.15, 0.2) is 0 Å². The summed E-state index contributed by atoms with van der Waals surface area (Å²) in [5.74, 6) is -0.637. The topological polar surface area (TPSA) is 92.4 Å². The Morgan fingerprint density at radius 2 is 1.90 bits per heavy atom. The van der Waals surface area contributed by atoms with Crippen LogP contribution in [-0.2, 0) is 16.0 Å². The van der Waals surface area contributed by atoms with Gasteiger partial charge in [-0.15, -0.1) is 0 Å². The SMILES string of the molecule is CC(CCC(=O)O)CNC(=O)CCc1ccc(N)cc1. The second kappa shape index (κ2) is 8.19. The molecule has 1 unspecified atom stereocenters. The minimum absolute atomic E-state index is 0.0102. The van der Waals surface area contributed by atoms with Crippen molar-refractivity contribution < 1.29 is 14.7 Å². The van der Waals surface area contributed by atoms with Crippen molar-refractivity contribution in [3.8, 4) is 0 Å². The Morgan fingerprint density at radius 1 is 1.25 bits per heavy atom. The molecule has 4 N–H and O–H groups in total. The molecule has 0 bridgehead atoms. The van der Waals surface area contributed by atoms with E-state index in [1.807, 2.05) is 31.2 Å². The first-order chi connectivity index (χ1) is 9.47. The van der Waals surface area contributed by atoms with Crippen LogP contribution in [-0.4, -0.2) is 23.5 Å². The van der Waals surface area contributed by atoms with Crippen LogP contribution in [0.15, 0.2) is 24.3 Å². The van der Waals surface area contributed by atoms with Gasteiger partial charge in [-0.05, 0) is 36.5 Å². The van der Waals surface area contributed by atoms with Gasteiger partial charge >= 0.3 is 5.97 Å². The number of carbonyl (C=O) groups is 2. The van der Waals surface area contributed by atoms with Crippen LogP contribution in [0.4, 0.5) is 5.69 Å². The molecule has 0 radical (unpaired) electrons. The van der Waals surface area contributed by atoms with E-state index < -0.39 is 5.97 Å². The van der Waals surface area contributed by atoms with E-state index in [1.165, 1.54) is 0 Å². The van der Waals surface area contributed by atoms with Crippen LogP contribution in [0.3, 0.4) is 0 Å². The summed E-state index contributed by atoms with van der Waals surface area (Å²) >= 11 is 0. The van der Waals surface area contributed by atoms with Crippen molar-refractivity contribution in [2.75, 3.05) is 12.3 Å². The van der Waals surface area contributed by atoms with E-state index in [-0.39, 0.29) is 18.2 Å². The van der Waals surface area contributed by atoms with Gasteiger partial charge in [-0.1, -0.05) is 19.1 Å². The van der Waals surface area contributed by atoms with Gasteiger partial charge in [-0.25, -0.2) is 0 Å². The molecule has 0 aliphatic carbocycles. The lowest BCUT2D eigenvalue weighted by molar-refractivity contribution is -0.137. The van der Waals surface area contributed by atoms with Gasteiger partial charge < -0.3 is 16.2 Å². The third-order valence-electron chi connectivity index (χ3n) is 3.12. The number of amides is 1. The fourth-order valence-corrected chi connectivity index (χ4v) is 1.79. The number of carboxylic acid groups (broad SMARTS) is 1. The largest absolute Gasteiger partial charge is 0.481 e. The zero-order valence-electron chi connectivity index (χ0n) is 11.8. The molecule has 0 fully saturated rings. The van der Waals surface area contributed by atoms with Crippen LogP contribution in [0.5, 0.6) is 0 Å². The van der Waals surface area contributed by atoms with Crippen LogP contribution in [0.2, 0.25) is 0 Å². The lowest BCUT2D eigenvalue weighted by Crippen LogP contribution is -2.28. The van der Waals surface area contributed by atoms with Gasteiger partial charge in [0, 0.05) is 25.1 Å². The summed E-state index contributed by atoms with van der Waals surface area (Å²) in [4.78, 5) is 22.1. The molecule has 0 saturated carbocycles. The van der Waals surface area contributed by atoms with Crippen molar-refractivity contribution >= 4 is 17.6 Å². The standard InChI is InChI=1S/C15H22N2O3/c1-11(2-9-15(19)20)10-17-14(18)8-5-12-3-6-13(16)7-4-12/h3-4,6-7,11H,2,5,8-10,16H2,1H3,(H,17,18)(H,19,20). The number of carbonyl (C=O) groups excluding carboxylic acids is 1. The summed E-state index contributed by atoms with van der Waals surface area (Å²) in [5, 5.41) is 11.4. The highest BCUT2D eigenvalue weighted by Crippen LogP contribution is 2.08. The van der Waals surface area contributed by atoms with E-state index in [0.29, 0.717) is 31.5 Å². The van der Waals surface area contributed by atoms with Gasteiger partial charge in [-0.2, -0.15) is 0 Å². The van der Waals surface area contributed by atoms with Crippen LogP contribution >= 0.6 is 0 Å². The van der Waals surface area contributed by atoms with E-state index >= 15 is 0 Å². The summed E-state index contributed by atoms with van der Waals surface area (Å²) in [7, 11) is 0. The highest BCUT2D eigenvalue weighted by molar-refractivity contribution is 5.76. The van der Waals surface area contributed by atoms with E-state index in [9.17, 15) is 9.59 Å². The van der Waals surface area contributed by atoms with Crippen LogP contribution in [0.25, 0.3) is 0 Å². The predicted molar refractivity (Wildman–Crippen MR) is 78.2 cm³/mol. The van der Waals surface area contributed by atoms with Crippen molar-refractivity contribution in [3.63, 3.8) is 0 Å². The Kier molecular flexibility index (Phi) is 6.56. The molecule has 0 aromatic heterocycles. The lowest BCUT2D eigenvalue weighted by atomic mass is 10.1. The molecule has 0 spiro atoms. The molecule has 5 heteroatoms. The first kappa shape index (κ1) is 16.0. The Morgan fingerprint density at radius 3 is 2.50 bits per heavy atom. The Labute approximate surface area is 119 Å². The Hall–Kier alpha value is -2.04. The van der Waals surface area contributed by atoms with Crippen molar-refractivity contribution in [2.45, 2.75) is 32.6 Å². The average Bonchev–Trinajstić information content (AvgIpc) is 2.42. The highest BCUT2D eigenvalue weighted by Gasteiger charge is 2.08. The molecule has 0 aliphatic rings. The van der Waals surface area contributed by atoms with Crippen LogP contribution in [0, 0.1) is 5.92 Å². The number of hydrogen-bond acceptors (Lipinski definition) is 3. The molecule has 110 valence electrons.